The van der Waals surface area contributed by atoms with Crippen molar-refractivity contribution >= 4 is 0 Å². The molecular formula is C11H15NO. The first-order valence-electron chi connectivity index (χ1n) is 5.02. The Hall–Kier alpha value is -0.760. The van der Waals surface area contributed by atoms with Gasteiger partial charge in [-0.05, 0) is 44.1 Å². The molecule has 2 atom stereocenters. The summed E-state index contributed by atoms with van der Waals surface area (Å²) in [6.07, 6.45) is 5.50. The standard InChI is InChI=1S/C11H15NO/c1-7-10(2-3-13-7)11(12)5-8-4-9(8)6-11/h2-3,8-9H,4-6,12H2,1H3. The molecule has 70 valence electrons. The zero-order valence-corrected chi connectivity index (χ0v) is 7.92. The van der Waals surface area contributed by atoms with Crippen molar-refractivity contribution in [3.63, 3.8) is 0 Å². The zero-order chi connectivity index (χ0) is 9.05. The predicted molar refractivity (Wildman–Crippen MR) is 50.1 cm³/mol. The molecule has 0 aromatic carbocycles. The predicted octanol–water partition coefficient (Wildman–Crippen LogP) is 2.17. The summed E-state index contributed by atoms with van der Waals surface area (Å²) in [6.45, 7) is 2.01. The van der Waals surface area contributed by atoms with Crippen molar-refractivity contribution in [2.45, 2.75) is 31.7 Å². The highest BCUT2D eigenvalue weighted by Gasteiger charge is 2.53. The summed E-state index contributed by atoms with van der Waals surface area (Å²) in [5, 5.41) is 0. The van der Waals surface area contributed by atoms with Gasteiger partial charge in [-0.1, -0.05) is 0 Å². The Morgan fingerprint density at radius 2 is 2.15 bits per heavy atom. The molecule has 0 saturated heterocycles. The maximum absolute atomic E-state index is 6.39. The molecule has 0 amide bonds. The number of nitrogens with two attached hydrogens (primary N) is 1. The maximum Gasteiger partial charge on any atom is 0.105 e. The van der Waals surface area contributed by atoms with E-state index in [9.17, 15) is 0 Å². The van der Waals surface area contributed by atoms with Gasteiger partial charge in [0.05, 0.1) is 6.26 Å². The van der Waals surface area contributed by atoms with Gasteiger partial charge in [-0.25, -0.2) is 0 Å². The monoisotopic (exact) mass is 177 g/mol. The lowest BCUT2D eigenvalue weighted by Gasteiger charge is -2.25. The lowest BCUT2D eigenvalue weighted by molar-refractivity contribution is 0.399. The molecule has 2 heteroatoms. The average molecular weight is 177 g/mol. The van der Waals surface area contributed by atoms with Crippen molar-refractivity contribution < 1.29 is 4.42 Å². The summed E-state index contributed by atoms with van der Waals surface area (Å²) in [4.78, 5) is 0. The lowest BCUT2D eigenvalue weighted by atomic mass is 9.86. The quantitative estimate of drug-likeness (QED) is 0.714. The van der Waals surface area contributed by atoms with E-state index < -0.39 is 0 Å². The molecule has 0 aliphatic heterocycles. The van der Waals surface area contributed by atoms with Crippen molar-refractivity contribution in [1.82, 2.24) is 0 Å². The van der Waals surface area contributed by atoms with Crippen molar-refractivity contribution in [2.75, 3.05) is 0 Å². The van der Waals surface area contributed by atoms with Gasteiger partial charge in [0.25, 0.3) is 0 Å². The summed E-state index contributed by atoms with van der Waals surface area (Å²) >= 11 is 0. The molecule has 2 aliphatic carbocycles. The van der Waals surface area contributed by atoms with Crippen molar-refractivity contribution in [3.05, 3.63) is 23.7 Å². The first-order chi connectivity index (χ1) is 6.19. The van der Waals surface area contributed by atoms with Crippen LogP contribution in [0.25, 0.3) is 0 Å². The fourth-order valence-electron chi connectivity index (χ4n) is 2.95. The van der Waals surface area contributed by atoms with Gasteiger partial charge in [0.2, 0.25) is 0 Å². The Balaban J connectivity index is 1.96. The topological polar surface area (TPSA) is 39.2 Å². The summed E-state index contributed by atoms with van der Waals surface area (Å²) < 4.78 is 5.31. The van der Waals surface area contributed by atoms with Gasteiger partial charge in [0.15, 0.2) is 0 Å². The molecule has 0 spiro atoms. The number of rotatable bonds is 1. The SMILES string of the molecule is Cc1occc1C1(N)CC2CC2C1. The molecule has 2 unspecified atom stereocenters. The van der Waals surface area contributed by atoms with E-state index in [1.807, 2.05) is 13.0 Å². The number of hydrogen-bond donors (Lipinski definition) is 1. The van der Waals surface area contributed by atoms with Crippen molar-refractivity contribution in [1.29, 1.82) is 0 Å². The first-order valence-corrected chi connectivity index (χ1v) is 5.02. The molecule has 0 radical (unpaired) electrons. The Kier molecular flexibility index (Phi) is 1.28. The minimum Gasteiger partial charge on any atom is -0.469 e. The highest BCUT2D eigenvalue weighted by molar-refractivity contribution is 5.29. The van der Waals surface area contributed by atoms with Crippen LogP contribution in [0.15, 0.2) is 16.7 Å². The van der Waals surface area contributed by atoms with Gasteiger partial charge in [0.1, 0.15) is 5.76 Å². The molecular weight excluding hydrogens is 162 g/mol. The molecule has 1 aromatic rings. The molecule has 1 heterocycles. The molecule has 2 aliphatic rings. The zero-order valence-electron chi connectivity index (χ0n) is 7.92. The van der Waals surface area contributed by atoms with Crippen LogP contribution in [0, 0.1) is 18.8 Å². The third-order valence-corrected chi connectivity index (χ3v) is 3.72. The fourth-order valence-corrected chi connectivity index (χ4v) is 2.95. The third-order valence-electron chi connectivity index (χ3n) is 3.72. The normalized spacial score (nSPS) is 42.0. The van der Waals surface area contributed by atoms with Gasteiger partial charge in [-0.15, -0.1) is 0 Å². The third kappa shape index (κ3) is 0.983. The molecule has 0 bridgehead atoms. The Morgan fingerprint density at radius 1 is 1.46 bits per heavy atom. The fraction of sp³-hybridized carbons (Fsp3) is 0.636. The number of fused-ring (bicyclic) bond motifs is 1. The first kappa shape index (κ1) is 7.63. The van der Waals surface area contributed by atoms with Crippen molar-refractivity contribution in [2.24, 2.45) is 17.6 Å². The van der Waals surface area contributed by atoms with E-state index in [4.69, 9.17) is 10.2 Å². The smallest absolute Gasteiger partial charge is 0.105 e. The number of hydrogen-bond acceptors (Lipinski definition) is 2. The van der Waals surface area contributed by atoms with Crippen LogP contribution >= 0.6 is 0 Å². The van der Waals surface area contributed by atoms with Gasteiger partial charge in [-0.3, -0.25) is 0 Å². The van der Waals surface area contributed by atoms with Gasteiger partial charge < -0.3 is 10.2 Å². The van der Waals surface area contributed by atoms with Crippen LogP contribution in [0.3, 0.4) is 0 Å². The highest BCUT2D eigenvalue weighted by atomic mass is 16.3. The van der Waals surface area contributed by atoms with E-state index in [1.165, 1.54) is 12.0 Å². The van der Waals surface area contributed by atoms with Crippen LogP contribution in [0.5, 0.6) is 0 Å². The summed E-state index contributed by atoms with van der Waals surface area (Å²) in [7, 11) is 0. The molecule has 3 rings (SSSR count). The minimum atomic E-state index is -0.0648. The van der Waals surface area contributed by atoms with E-state index in [1.54, 1.807) is 6.26 Å². The summed E-state index contributed by atoms with van der Waals surface area (Å²) in [5.74, 6) is 2.84. The van der Waals surface area contributed by atoms with E-state index in [0.717, 1.165) is 30.4 Å². The van der Waals surface area contributed by atoms with Crippen LogP contribution in [0.4, 0.5) is 0 Å². The van der Waals surface area contributed by atoms with E-state index in [-0.39, 0.29) is 5.54 Å². The molecule has 13 heavy (non-hydrogen) atoms. The summed E-state index contributed by atoms with van der Waals surface area (Å²) in [5.41, 5.74) is 7.56. The maximum atomic E-state index is 6.39. The highest BCUT2D eigenvalue weighted by Crippen LogP contribution is 2.58. The Bertz CT molecular complexity index is 332. The Labute approximate surface area is 78.1 Å². The van der Waals surface area contributed by atoms with E-state index in [2.05, 4.69) is 0 Å². The van der Waals surface area contributed by atoms with Crippen LogP contribution in [0.1, 0.15) is 30.6 Å². The van der Waals surface area contributed by atoms with Gasteiger partial charge in [0, 0.05) is 11.1 Å². The van der Waals surface area contributed by atoms with Crippen LogP contribution in [0.2, 0.25) is 0 Å². The average Bonchev–Trinajstić information content (AvgIpc) is 2.54. The van der Waals surface area contributed by atoms with E-state index >= 15 is 0 Å². The molecule has 2 N–H and O–H groups in total. The molecule has 1 aromatic heterocycles. The number of furan rings is 1. The van der Waals surface area contributed by atoms with Crippen LogP contribution in [-0.4, -0.2) is 0 Å². The second-order valence-corrected chi connectivity index (χ2v) is 4.71. The molecule has 2 saturated carbocycles. The van der Waals surface area contributed by atoms with Gasteiger partial charge >= 0.3 is 0 Å². The largest absolute Gasteiger partial charge is 0.469 e. The minimum absolute atomic E-state index is 0.0648. The van der Waals surface area contributed by atoms with E-state index in [0.29, 0.717) is 0 Å². The Morgan fingerprint density at radius 3 is 2.69 bits per heavy atom. The lowest BCUT2D eigenvalue weighted by Crippen LogP contribution is -2.35. The second kappa shape index (κ2) is 2.18. The molecule has 2 nitrogen and oxygen atoms in total. The van der Waals surface area contributed by atoms with Crippen LogP contribution < -0.4 is 5.73 Å². The van der Waals surface area contributed by atoms with Crippen LogP contribution in [-0.2, 0) is 5.54 Å². The van der Waals surface area contributed by atoms with Crippen molar-refractivity contribution in [3.8, 4) is 0 Å². The second-order valence-electron chi connectivity index (χ2n) is 4.71. The molecule has 2 fully saturated rings. The van der Waals surface area contributed by atoms with Gasteiger partial charge in [-0.2, -0.15) is 0 Å². The number of aryl methyl sites for hydroxylation is 1. The summed E-state index contributed by atoms with van der Waals surface area (Å²) in [6, 6.07) is 2.04.